The predicted molar refractivity (Wildman–Crippen MR) is 70.4 cm³/mol. The summed E-state index contributed by atoms with van der Waals surface area (Å²) in [4.78, 5) is 21.2. The molecule has 1 rings (SSSR count). The van der Waals surface area contributed by atoms with Crippen molar-refractivity contribution in [3.05, 3.63) is 39.9 Å². The highest BCUT2D eigenvalue weighted by Crippen LogP contribution is 2.18. The number of nitro benzene ring substituents is 1. The highest BCUT2D eigenvalue weighted by molar-refractivity contribution is 7.98. The van der Waals surface area contributed by atoms with E-state index in [0.717, 1.165) is 11.3 Å². The van der Waals surface area contributed by atoms with E-state index in [0.29, 0.717) is 5.75 Å². The molecule has 0 saturated heterocycles. The molecule has 0 radical (unpaired) electrons. The number of esters is 1. The van der Waals surface area contributed by atoms with Crippen LogP contribution in [0.25, 0.3) is 0 Å². The van der Waals surface area contributed by atoms with E-state index in [4.69, 9.17) is 0 Å². The number of carbonyl (C=O) groups is 1. The summed E-state index contributed by atoms with van der Waals surface area (Å²) in [6.07, 6.45) is 0. The van der Waals surface area contributed by atoms with Crippen LogP contribution in [0.4, 0.5) is 5.69 Å². The lowest BCUT2D eigenvalue weighted by Crippen LogP contribution is -2.14. The topological polar surface area (TPSA) is 69.4 Å². The molecule has 0 amide bonds. The maximum atomic E-state index is 11.2. The van der Waals surface area contributed by atoms with E-state index in [-0.39, 0.29) is 17.6 Å². The molecule has 0 fully saturated rings. The van der Waals surface area contributed by atoms with Gasteiger partial charge in [-0.3, -0.25) is 14.9 Å². The molecule has 0 N–H and O–H groups in total. The van der Waals surface area contributed by atoms with Crippen LogP contribution in [0.15, 0.2) is 24.3 Å². The second-order valence-electron chi connectivity index (χ2n) is 3.86. The summed E-state index contributed by atoms with van der Waals surface area (Å²) in [6, 6.07) is 6.43. The van der Waals surface area contributed by atoms with E-state index in [9.17, 15) is 14.9 Å². The van der Waals surface area contributed by atoms with Crippen molar-refractivity contribution < 1.29 is 14.5 Å². The summed E-state index contributed by atoms with van der Waals surface area (Å²) < 4.78 is 4.63. The Morgan fingerprint density at radius 2 is 2.06 bits per heavy atom. The van der Waals surface area contributed by atoms with Crippen LogP contribution in [-0.2, 0) is 15.3 Å². The van der Waals surface area contributed by atoms with Gasteiger partial charge in [0.25, 0.3) is 5.69 Å². The van der Waals surface area contributed by atoms with Gasteiger partial charge in [-0.25, -0.2) is 0 Å². The number of thioether (sulfide) groups is 1. The lowest BCUT2D eigenvalue weighted by atomic mass is 10.2. The number of rotatable bonds is 6. The third-order valence-electron chi connectivity index (χ3n) is 2.39. The monoisotopic (exact) mass is 269 g/mol. The van der Waals surface area contributed by atoms with Gasteiger partial charge in [-0.1, -0.05) is 19.1 Å². The molecule has 0 aliphatic rings. The summed E-state index contributed by atoms with van der Waals surface area (Å²) in [7, 11) is 1.37. The van der Waals surface area contributed by atoms with Gasteiger partial charge in [-0.2, -0.15) is 11.8 Å². The van der Waals surface area contributed by atoms with Crippen LogP contribution in [0.1, 0.15) is 12.5 Å². The molecule has 6 heteroatoms. The van der Waals surface area contributed by atoms with Crippen molar-refractivity contribution in [1.82, 2.24) is 0 Å². The Balaban J connectivity index is 2.40. The van der Waals surface area contributed by atoms with E-state index < -0.39 is 4.92 Å². The normalized spacial score (nSPS) is 11.9. The number of hydrogen-bond donors (Lipinski definition) is 0. The Bertz CT molecular complexity index is 419. The first-order valence-corrected chi connectivity index (χ1v) is 6.59. The Labute approximate surface area is 110 Å². The quantitative estimate of drug-likeness (QED) is 0.451. The molecule has 98 valence electrons. The minimum Gasteiger partial charge on any atom is -0.469 e. The molecule has 1 aromatic rings. The molecule has 0 aromatic heterocycles. The SMILES string of the molecule is COC(=O)C(C)CSCc1ccc([N+](=O)[O-])cc1. The summed E-state index contributed by atoms with van der Waals surface area (Å²) in [5.41, 5.74) is 1.09. The first kappa shape index (κ1) is 14.5. The highest BCUT2D eigenvalue weighted by atomic mass is 32.2. The van der Waals surface area contributed by atoms with Crippen LogP contribution >= 0.6 is 11.8 Å². The average molecular weight is 269 g/mol. The van der Waals surface area contributed by atoms with E-state index in [1.807, 2.05) is 6.92 Å². The van der Waals surface area contributed by atoms with Crippen molar-refractivity contribution >= 4 is 23.4 Å². The predicted octanol–water partition coefficient (Wildman–Crippen LogP) is 2.64. The van der Waals surface area contributed by atoms with E-state index in [1.165, 1.54) is 19.2 Å². The number of ether oxygens (including phenoxy) is 1. The maximum absolute atomic E-state index is 11.2. The minimum absolute atomic E-state index is 0.0895. The van der Waals surface area contributed by atoms with E-state index in [2.05, 4.69) is 4.74 Å². The van der Waals surface area contributed by atoms with Gasteiger partial charge >= 0.3 is 5.97 Å². The average Bonchev–Trinajstić information content (AvgIpc) is 2.38. The highest BCUT2D eigenvalue weighted by Gasteiger charge is 2.12. The number of hydrogen-bond acceptors (Lipinski definition) is 5. The second kappa shape index (κ2) is 7.00. The number of non-ortho nitro benzene ring substituents is 1. The summed E-state index contributed by atoms with van der Waals surface area (Å²) in [6.45, 7) is 1.81. The molecule has 18 heavy (non-hydrogen) atoms. The van der Waals surface area contributed by atoms with E-state index >= 15 is 0 Å². The number of benzene rings is 1. The van der Waals surface area contributed by atoms with Crippen molar-refractivity contribution in [2.45, 2.75) is 12.7 Å². The standard InChI is InChI=1S/C12H15NO4S/c1-9(12(14)17-2)7-18-8-10-3-5-11(6-4-10)13(15)16/h3-6,9H,7-8H2,1-2H3. The van der Waals surface area contributed by atoms with Crippen molar-refractivity contribution in [2.24, 2.45) is 5.92 Å². The smallest absolute Gasteiger partial charge is 0.309 e. The Hall–Kier alpha value is -1.56. The van der Waals surface area contributed by atoms with Crippen molar-refractivity contribution in [2.75, 3.05) is 12.9 Å². The van der Waals surface area contributed by atoms with Crippen molar-refractivity contribution in [3.8, 4) is 0 Å². The van der Waals surface area contributed by atoms with E-state index in [1.54, 1.807) is 23.9 Å². The summed E-state index contributed by atoms with van der Waals surface area (Å²) in [5, 5.41) is 10.5. The van der Waals surface area contributed by atoms with Gasteiger partial charge in [-0.05, 0) is 5.56 Å². The first-order chi connectivity index (χ1) is 8.54. The van der Waals surface area contributed by atoms with Crippen LogP contribution in [0.3, 0.4) is 0 Å². The Kier molecular flexibility index (Phi) is 5.64. The minimum atomic E-state index is -0.420. The van der Waals surface area contributed by atoms with Gasteiger partial charge in [-0.15, -0.1) is 0 Å². The van der Waals surface area contributed by atoms with Gasteiger partial charge < -0.3 is 4.74 Å². The molecule has 0 aliphatic heterocycles. The fourth-order valence-electron chi connectivity index (χ4n) is 1.34. The second-order valence-corrected chi connectivity index (χ2v) is 4.89. The molecule has 1 aromatic carbocycles. The summed E-state index contributed by atoms with van der Waals surface area (Å²) in [5.74, 6) is 1.03. The van der Waals surface area contributed by atoms with Crippen LogP contribution < -0.4 is 0 Å². The molecular weight excluding hydrogens is 254 g/mol. The molecular formula is C12H15NO4S. The van der Waals surface area contributed by atoms with Crippen LogP contribution in [-0.4, -0.2) is 23.8 Å². The summed E-state index contributed by atoms with van der Waals surface area (Å²) >= 11 is 1.60. The number of nitro groups is 1. The fraction of sp³-hybridized carbons (Fsp3) is 0.417. The maximum Gasteiger partial charge on any atom is 0.309 e. The largest absolute Gasteiger partial charge is 0.469 e. The van der Waals surface area contributed by atoms with Crippen LogP contribution in [0, 0.1) is 16.0 Å². The van der Waals surface area contributed by atoms with Gasteiger partial charge in [0.15, 0.2) is 0 Å². The number of carbonyl (C=O) groups excluding carboxylic acids is 1. The molecule has 0 heterocycles. The van der Waals surface area contributed by atoms with Gasteiger partial charge in [0.1, 0.15) is 0 Å². The molecule has 1 unspecified atom stereocenters. The molecule has 0 spiro atoms. The van der Waals surface area contributed by atoms with Gasteiger partial charge in [0.05, 0.1) is 18.0 Å². The van der Waals surface area contributed by atoms with Gasteiger partial charge in [0, 0.05) is 23.6 Å². The molecule has 5 nitrogen and oxygen atoms in total. The van der Waals surface area contributed by atoms with Crippen molar-refractivity contribution in [1.29, 1.82) is 0 Å². The zero-order valence-electron chi connectivity index (χ0n) is 10.3. The van der Waals surface area contributed by atoms with Crippen LogP contribution in [0.5, 0.6) is 0 Å². The third kappa shape index (κ3) is 4.37. The lowest BCUT2D eigenvalue weighted by molar-refractivity contribution is -0.384. The number of methoxy groups -OCH3 is 1. The molecule has 0 aliphatic carbocycles. The van der Waals surface area contributed by atoms with Crippen LogP contribution in [0.2, 0.25) is 0 Å². The Morgan fingerprint density at radius 1 is 1.44 bits per heavy atom. The lowest BCUT2D eigenvalue weighted by Gasteiger charge is -2.08. The first-order valence-electron chi connectivity index (χ1n) is 5.43. The fourth-order valence-corrected chi connectivity index (χ4v) is 2.37. The zero-order chi connectivity index (χ0) is 13.5. The van der Waals surface area contributed by atoms with Crippen molar-refractivity contribution in [3.63, 3.8) is 0 Å². The Morgan fingerprint density at radius 3 is 2.56 bits per heavy atom. The number of nitrogens with zero attached hydrogens (tertiary/aromatic N) is 1. The van der Waals surface area contributed by atoms with Gasteiger partial charge in [0.2, 0.25) is 0 Å². The zero-order valence-corrected chi connectivity index (χ0v) is 11.1. The molecule has 0 saturated carbocycles. The third-order valence-corrected chi connectivity index (χ3v) is 3.66. The molecule has 0 bridgehead atoms. The molecule has 1 atom stereocenters.